The van der Waals surface area contributed by atoms with Gasteiger partial charge in [0.25, 0.3) is 0 Å². The van der Waals surface area contributed by atoms with Crippen LogP contribution in [0.4, 0.5) is 16.2 Å². The van der Waals surface area contributed by atoms with Gasteiger partial charge in [-0.1, -0.05) is 30.0 Å². The first-order valence-corrected chi connectivity index (χ1v) is 13.0. The minimum atomic E-state index is -0.450. The van der Waals surface area contributed by atoms with Crippen LogP contribution in [-0.4, -0.2) is 53.3 Å². The third-order valence-corrected chi connectivity index (χ3v) is 8.10. The number of anilines is 2. The molecule has 9 heteroatoms. The second-order valence-electron chi connectivity index (χ2n) is 9.37. The molecule has 0 spiro atoms. The maximum atomic E-state index is 13.3. The van der Waals surface area contributed by atoms with Gasteiger partial charge in [0.2, 0.25) is 5.91 Å². The Morgan fingerprint density at radius 3 is 2.67 bits per heavy atom. The molecule has 3 aromatic rings. The van der Waals surface area contributed by atoms with Gasteiger partial charge in [-0.05, 0) is 68.9 Å². The molecule has 0 radical (unpaired) electrons. The number of hydrogen-bond donors (Lipinski definition) is 2. The number of urea groups is 1. The van der Waals surface area contributed by atoms with Crippen molar-refractivity contribution in [2.75, 3.05) is 25.0 Å². The molecule has 8 nitrogen and oxygen atoms in total. The Labute approximate surface area is 214 Å². The van der Waals surface area contributed by atoms with E-state index in [1.54, 1.807) is 11.1 Å². The number of thioether (sulfide) groups is 1. The van der Waals surface area contributed by atoms with Crippen LogP contribution in [0.1, 0.15) is 24.4 Å². The Morgan fingerprint density at radius 1 is 1.11 bits per heavy atom. The highest BCUT2D eigenvalue weighted by atomic mass is 32.2. The average molecular weight is 502 g/mol. The first-order chi connectivity index (χ1) is 17.6. The summed E-state index contributed by atoms with van der Waals surface area (Å²) >= 11 is 1.43. The molecule has 1 aromatic heterocycles. The maximum absolute atomic E-state index is 13.3. The highest BCUT2D eigenvalue weighted by Gasteiger charge is 2.47. The van der Waals surface area contributed by atoms with Crippen LogP contribution < -0.4 is 20.3 Å². The number of hydrogen-bond acceptors (Lipinski definition) is 6. The SMILES string of the molecule is CN1CCCC(NC(=O)[C@@H]2Sc3nccc4c3C2NC(=O)N4c2ccc(Oc3ccccc3)cc2)C1. The zero-order chi connectivity index (χ0) is 24.6. The number of rotatable bonds is 5. The molecule has 6 rings (SSSR count). The van der Waals surface area contributed by atoms with Crippen molar-refractivity contribution in [3.63, 3.8) is 0 Å². The number of nitrogens with zero attached hydrogens (tertiary/aromatic N) is 3. The number of carbonyl (C=O) groups excluding carboxylic acids is 2. The van der Waals surface area contributed by atoms with Crippen molar-refractivity contribution in [2.24, 2.45) is 0 Å². The third kappa shape index (κ3) is 4.29. The summed E-state index contributed by atoms with van der Waals surface area (Å²) in [7, 11) is 2.07. The molecule has 1 saturated heterocycles. The van der Waals surface area contributed by atoms with Crippen molar-refractivity contribution < 1.29 is 14.3 Å². The van der Waals surface area contributed by atoms with E-state index in [1.165, 1.54) is 11.8 Å². The van der Waals surface area contributed by atoms with E-state index < -0.39 is 11.3 Å². The van der Waals surface area contributed by atoms with Crippen molar-refractivity contribution in [3.8, 4) is 11.5 Å². The molecule has 4 heterocycles. The van der Waals surface area contributed by atoms with Crippen LogP contribution in [0.15, 0.2) is 71.9 Å². The number of likely N-dealkylation sites (tertiary alicyclic amines) is 1. The normalized spacial score (nSPS) is 23.1. The topological polar surface area (TPSA) is 86.8 Å². The number of ether oxygens (including phenoxy) is 1. The molecule has 3 aliphatic heterocycles. The lowest BCUT2D eigenvalue weighted by Gasteiger charge is -2.35. The largest absolute Gasteiger partial charge is 0.457 e. The number of pyridine rings is 1. The lowest BCUT2D eigenvalue weighted by molar-refractivity contribution is -0.122. The van der Waals surface area contributed by atoms with Crippen LogP contribution in [0.25, 0.3) is 0 Å². The van der Waals surface area contributed by atoms with Gasteiger partial charge >= 0.3 is 6.03 Å². The minimum absolute atomic E-state index is 0.0505. The quantitative estimate of drug-likeness (QED) is 0.537. The van der Waals surface area contributed by atoms with Crippen molar-refractivity contribution >= 4 is 35.1 Å². The Kier molecular flexibility index (Phi) is 6.02. The second kappa shape index (κ2) is 9.48. The van der Waals surface area contributed by atoms with E-state index in [-0.39, 0.29) is 18.0 Å². The first kappa shape index (κ1) is 22.9. The molecule has 3 amide bonds. The van der Waals surface area contributed by atoms with E-state index in [9.17, 15) is 9.59 Å². The van der Waals surface area contributed by atoms with Gasteiger partial charge in [0.05, 0.1) is 17.4 Å². The van der Waals surface area contributed by atoms with E-state index in [2.05, 4.69) is 27.6 Å². The molecular weight excluding hydrogens is 474 g/mol. The van der Waals surface area contributed by atoms with Gasteiger partial charge in [-0.15, -0.1) is 0 Å². The smallest absolute Gasteiger partial charge is 0.327 e. The fourth-order valence-electron chi connectivity index (χ4n) is 5.14. The zero-order valence-corrected chi connectivity index (χ0v) is 20.7. The summed E-state index contributed by atoms with van der Waals surface area (Å²) in [6.07, 6.45) is 3.74. The number of nitrogens with one attached hydrogen (secondary N) is 2. The minimum Gasteiger partial charge on any atom is -0.457 e. The zero-order valence-electron chi connectivity index (χ0n) is 19.9. The van der Waals surface area contributed by atoms with Crippen molar-refractivity contribution in [1.82, 2.24) is 20.5 Å². The van der Waals surface area contributed by atoms with Crippen molar-refractivity contribution in [2.45, 2.75) is 35.2 Å². The van der Waals surface area contributed by atoms with Gasteiger partial charge in [0.15, 0.2) is 0 Å². The van der Waals surface area contributed by atoms with Crippen molar-refractivity contribution in [1.29, 1.82) is 0 Å². The van der Waals surface area contributed by atoms with Gasteiger partial charge in [0, 0.05) is 24.3 Å². The lowest BCUT2D eigenvalue weighted by Crippen LogP contribution is -2.52. The van der Waals surface area contributed by atoms with Crippen LogP contribution in [-0.2, 0) is 4.79 Å². The summed E-state index contributed by atoms with van der Waals surface area (Å²) in [5.74, 6) is 1.38. The summed E-state index contributed by atoms with van der Waals surface area (Å²) < 4.78 is 5.89. The molecule has 3 aliphatic rings. The molecular formula is C27H27N5O3S. The molecule has 184 valence electrons. The van der Waals surface area contributed by atoms with Crippen molar-refractivity contribution in [3.05, 3.63) is 72.4 Å². The van der Waals surface area contributed by atoms with Gasteiger partial charge in [-0.25, -0.2) is 9.78 Å². The number of carbonyl (C=O) groups is 2. The Bertz CT molecular complexity index is 1290. The van der Waals surface area contributed by atoms with Crippen LogP contribution in [0.2, 0.25) is 0 Å². The summed E-state index contributed by atoms with van der Waals surface area (Å²) in [5, 5.41) is 6.62. The van der Waals surface area contributed by atoms with Crippen LogP contribution in [0.3, 0.4) is 0 Å². The monoisotopic (exact) mass is 501 g/mol. The summed E-state index contributed by atoms with van der Waals surface area (Å²) in [5.41, 5.74) is 2.36. The van der Waals surface area contributed by atoms with Gasteiger partial charge in [-0.2, -0.15) is 0 Å². The van der Waals surface area contributed by atoms with E-state index >= 15 is 0 Å². The Morgan fingerprint density at radius 2 is 1.89 bits per heavy atom. The van der Waals surface area contributed by atoms with Crippen LogP contribution >= 0.6 is 11.8 Å². The maximum Gasteiger partial charge on any atom is 0.327 e. The lowest BCUT2D eigenvalue weighted by atomic mass is 9.99. The van der Waals surface area contributed by atoms with E-state index in [0.717, 1.165) is 48.0 Å². The number of likely N-dealkylation sites (N-methyl/N-ethyl adjacent to an activating group) is 1. The Hall–Kier alpha value is -3.56. The van der Waals surface area contributed by atoms with E-state index in [1.807, 2.05) is 60.7 Å². The predicted octanol–water partition coefficient (Wildman–Crippen LogP) is 4.46. The summed E-state index contributed by atoms with van der Waals surface area (Å²) in [6.45, 7) is 1.89. The number of amides is 3. The predicted molar refractivity (Wildman–Crippen MR) is 139 cm³/mol. The molecule has 2 N–H and O–H groups in total. The molecule has 2 aromatic carbocycles. The highest BCUT2D eigenvalue weighted by molar-refractivity contribution is 8.01. The van der Waals surface area contributed by atoms with Gasteiger partial charge in [0.1, 0.15) is 21.8 Å². The number of para-hydroxylation sites is 1. The fourth-order valence-corrected chi connectivity index (χ4v) is 6.37. The molecule has 0 bridgehead atoms. The van der Waals surface area contributed by atoms with E-state index in [0.29, 0.717) is 11.4 Å². The third-order valence-electron chi connectivity index (χ3n) is 6.81. The van der Waals surface area contributed by atoms with E-state index in [4.69, 9.17) is 4.74 Å². The average Bonchev–Trinajstić information content (AvgIpc) is 3.25. The summed E-state index contributed by atoms with van der Waals surface area (Å²) in [4.78, 5) is 35.0. The molecule has 0 saturated carbocycles. The van der Waals surface area contributed by atoms with Crippen LogP contribution in [0, 0.1) is 0 Å². The molecule has 36 heavy (non-hydrogen) atoms. The highest BCUT2D eigenvalue weighted by Crippen LogP contribution is 2.50. The standard InChI is InChI=1S/C27H27N5O3S/c1-31-15-5-6-17(16-31)29-25(33)24-23-22-21(13-14-28-26(22)36-24)32(27(34)30-23)18-9-11-20(12-10-18)35-19-7-3-2-4-8-19/h2-4,7-14,17,23-24H,5-6,15-16H2,1H3,(H,29,33)(H,30,34)/t17?,23?,24-/m1/s1. The Balaban J connectivity index is 1.23. The number of aromatic nitrogens is 1. The summed E-state index contributed by atoms with van der Waals surface area (Å²) in [6, 6.07) is 18.2. The van der Waals surface area contributed by atoms with Crippen LogP contribution in [0.5, 0.6) is 11.5 Å². The molecule has 3 atom stereocenters. The molecule has 1 fully saturated rings. The first-order valence-electron chi connectivity index (χ1n) is 12.1. The number of benzene rings is 2. The van der Waals surface area contributed by atoms with Gasteiger partial charge < -0.3 is 20.3 Å². The number of piperidine rings is 1. The fraction of sp³-hybridized carbons (Fsp3) is 0.296. The van der Waals surface area contributed by atoms with Gasteiger partial charge in [-0.3, -0.25) is 9.69 Å². The second-order valence-corrected chi connectivity index (χ2v) is 10.5. The molecule has 0 aliphatic carbocycles. The molecule has 2 unspecified atom stereocenters.